The quantitative estimate of drug-likeness (QED) is 0.930. The van der Waals surface area contributed by atoms with Gasteiger partial charge < -0.3 is 0 Å². The Balaban J connectivity index is 1.68. The zero-order valence-electron chi connectivity index (χ0n) is 11.6. The maximum atomic E-state index is 12.1. The van der Waals surface area contributed by atoms with Crippen LogP contribution in [0, 0.1) is 19.8 Å². The predicted octanol–water partition coefficient (Wildman–Crippen LogP) is 3.04. The lowest BCUT2D eigenvalue weighted by Crippen LogP contribution is -2.31. The second-order valence-corrected chi connectivity index (χ2v) is 9.75. The van der Waals surface area contributed by atoms with Crippen molar-refractivity contribution in [2.24, 2.45) is 5.92 Å². The third-order valence-corrected chi connectivity index (χ3v) is 7.44. The number of aryl methyl sites for hydroxylation is 2. The second-order valence-electron chi connectivity index (χ2n) is 5.23. The Bertz CT molecular complexity index is 788. The lowest BCUT2D eigenvalue weighted by molar-refractivity contribution is -0.120. The van der Waals surface area contributed by atoms with Crippen LogP contribution in [0.4, 0.5) is 0 Å². The van der Waals surface area contributed by atoms with Crippen LogP contribution in [0.1, 0.15) is 27.0 Å². The predicted molar refractivity (Wildman–Crippen MR) is 84.3 cm³/mol. The van der Waals surface area contributed by atoms with Crippen molar-refractivity contribution in [3.63, 3.8) is 0 Å². The minimum Gasteiger partial charge on any atom is -0.274 e. The highest BCUT2D eigenvalue weighted by molar-refractivity contribution is 7.92. The molecular formula is C14H15NO3S3. The molecule has 4 nitrogen and oxygen atoms in total. The van der Waals surface area contributed by atoms with Crippen LogP contribution >= 0.6 is 22.7 Å². The van der Waals surface area contributed by atoms with Crippen molar-refractivity contribution >= 4 is 38.6 Å². The minimum absolute atomic E-state index is 0.170. The van der Waals surface area contributed by atoms with Gasteiger partial charge in [-0.25, -0.2) is 13.1 Å². The first-order chi connectivity index (χ1) is 9.87. The highest BCUT2D eigenvalue weighted by Gasteiger charge is 2.46. The fourth-order valence-corrected chi connectivity index (χ4v) is 5.63. The van der Waals surface area contributed by atoms with Gasteiger partial charge in [-0.2, -0.15) is 0 Å². The van der Waals surface area contributed by atoms with Crippen molar-refractivity contribution in [2.45, 2.75) is 30.4 Å². The van der Waals surface area contributed by atoms with Crippen molar-refractivity contribution in [2.75, 3.05) is 0 Å². The van der Waals surface area contributed by atoms with Gasteiger partial charge >= 0.3 is 0 Å². The Morgan fingerprint density at radius 3 is 2.38 bits per heavy atom. The fourth-order valence-electron chi connectivity index (χ4n) is 2.27. The summed E-state index contributed by atoms with van der Waals surface area (Å²) in [6, 6.07) is 7.31. The van der Waals surface area contributed by atoms with Gasteiger partial charge in [0.25, 0.3) is 10.0 Å². The SMILES string of the molecule is Cc1ccc([C@@H]2C[C@H]2C(=O)NS(=O)(=O)c2ccc(C)s2)s1. The Hall–Kier alpha value is -1.18. The Morgan fingerprint density at radius 1 is 1.14 bits per heavy atom. The van der Waals surface area contributed by atoms with Crippen LogP contribution in [-0.4, -0.2) is 14.3 Å². The number of amides is 1. The zero-order valence-corrected chi connectivity index (χ0v) is 14.1. The van der Waals surface area contributed by atoms with Crippen LogP contribution in [-0.2, 0) is 14.8 Å². The van der Waals surface area contributed by atoms with E-state index in [1.807, 2.05) is 26.0 Å². The third kappa shape index (κ3) is 3.04. The van der Waals surface area contributed by atoms with E-state index in [9.17, 15) is 13.2 Å². The maximum Gasteiger partial charge on any atom is 0.273 e. The molecule has 3 rings (SSSR count). The topological polar surface area (TPSA) is 63.2 Å². The molecule has 1 N–H and O–H groups in total. The molecule has 1 fully saturated rings. The van der Waals surface area contributed by atoms with Gasteiger partial charge in [0, 0.05) is 26.5 Å². The van der Waals surface area contributed by atoms with Crippen LogP contribution < -0.4 is 4.72 Å². The molecule has 112 valence electrons. The average molecular weight is 341 g/mol. The van der Waals surface area contributed by atoms with Gasteiger partial charge in [-0.3, -0.25) is 4.79 Å². The largest absolute Gasteiger partial charge is 0.274 e. The molecule has 0 saturated heterocycles. The number of hydrogen-bond donors (Lipinski definition) is 1. The molecule has 1 aliphatic rings. The van der Waals surface area contributed by atoms with Gasteiger partial charge in [0.05, 0.1) is 0 Å². The summed E-state index contributed by atoms with van der Waals surface area (Å²) in [7, 11) is -3.72. The Kier molecular flexibility index (Phi) is 3.67. The van der Waals surface area contributed by atoms with Gasteiger partial charge in [-0.1, -0.05) is 0 Å². The summed E-state index contributed by atoms with van der Waals surface area (Å²) < 4.78 is 26.6. The number of carbonyl (C=O) groups excluding carboxylic acids is 1. The summed E-state index contributed by atoms with van der Waals surface area (Å²) in [6.45, 7) is 3.86. The summed E-state index contributed by atoms with van der Waals surface area (Å²) in [5.74, 6) is -0.444. The molecule has 1 aliphatic carbocycles. The monoisotopic (exact) mass is 341 g/mol. The van der Waals surface area contributed by atoms with Gasteiger partial charge in [0.15, 0.2) is 0 Å². The van der Waals surface area contributed by atoms with Crippen molar-refractivity contribution < 1.29 is 13.2 Å². The van der Waals surface area contributed by atoms with Crippen molar-refractivity contribution in [3.8, 4) is 0 Å². The molecule has 7 heteroatoms. The third-order valence-electron chi connectivity index (χ3n) is 3.47. The van der Waals surface area contributed by atoms with Crippen LogP contribution in [0.25, 0.3) is 0 Å². The maximum absolute atomic E-state index is 12.1. The molecule has 1 saturated carbocycles. The van der Waals surface area contributed by atoms with Gasteiger partial charge in [-0.05, 0) is 44.5 Å². The summed E-state index contributed by atoms with van der Waals surface area (Å²) >= 11 is 2.84. The number of hydrogen-bond acceptors (Lipinski definition) is 5. The molecular weight excluding hydrogens is 326 g/mol. The average Bonchev–Trinajstić information content (AvgIpc) is 2.89. The summed E-state index contributed by atoms with van der Waals surface area (Å²) in [5, 5.41) is 0. The second kappa shape index (κ2) is 5.23. The van der Waals surface area contributed by atoms with E-state index in [-0.39, 0.29) is 16.0 Å². The number of rotatable bonds is 4. The van der Waals surface area contributed by atoms with E-state index >= 15 is 0 Å². The molecule has 0 bridgehead atoms. The first-order valence-electron chi connectivity index (χ1n) is 6.56. The lowest BCUT2D eigenvalue weighted by Gasteiger charge is -2.04. The highest BCUT2D eigenvalue weighted by Crippen LogP contribution is 2.49. The van der Waals surface area contributed by atoms with E-state index in [1.54, 1.807) is 17.4 Å². The molecule has 2 atom stereocenters. The smallest absolute Gasteiger partial charge is 0.273 e. The van der Waals surface area contributed by atoms with Crippen LogP contribution in [0.5, 0.6) is 0 Å². The van der Waals surface area contributed by atoms with E-state index in [2.05, 4.69) is 4.72 Å². The molecule has 0 aromatic carbocycles. The van der Waals surface area contributed by atoms with Crippen LogP contribution in [0.15, 0.2) is 28.5 Å². The van der Waals surface area contributed by atoms with Crippen LogP contribution in [0.2, 0.25) is 0 Å². The molecule has 2 heterocycles. The van der Waals surface area contributed by atoms with E-state index in [4.69, 9.17) is 0 Å². The highest BCUT2D eigenvalue weighted by atomic mass is 32.2. The van der Waals surface area contributed by atoms with Crippen LogP contribution in [0.3, 0.4) is 0 Å². The lowest BCUT2D eigenvalue weighted by atomic mass is 10.2. The molecule has 0 aliphatic heterocycles. The summed E-state index contributed by atoms with van der Waals surface area (Å²) in [4.78, 5) is 15.4. The first kappa shape index (κ1) is 14.7. The van der Waals surface area contributed by atoms with E-state index in [1.165, 1.54) is 22.3 Å². The first-order valence-corrected chi connectivity index (χ1v) is 9.68. The Labute approximate surface area is 131 Å². The van der Waals surface area contributed by atoms with Crippen molar-refractivity contribution in [1.82, 2.24) is 4.72 Å². The van der Waals surface area contributed by atoms with E-state index in [0.29, 0.717) is 0 Å². The molecule has 1 amide bonds. The number of thiophene rings is 2. The van der Waals surface area contributed by atoms with Crippen molar-refractivity contribution in [1.29, 1.82) is 0 Å². The molecule has 0 spiro atoms. The fraction of sp³-hybridized carbons (Fsp3) is 0.357. The van der Waals surface area contributed by atoms with E-state index in [0.717, 1.165) is 16.2 Å². The number of nitrogens with one attached hydrogen (secondary N) is 1. The van der Waals surface area contributed by atoms with Gasteiger partial charge in [-0.15, -0.1) is 22.7 Å². The number of carbonyl (C=O) groups is 1. The molecule has 0 radical (unpaired) electrons. The van der Waals surface area contributed by atoms with Gasteiger partial charge in [0.2, 0.25) is 5.91 Å². The minimum atomic E-state index is -3.72. The summed E-state index contributed by atoms with van der Waals surface area (Å²) in [5.41, 5.74) is 0. The molecule has 0 unspecified atom stereocenters. The van der Waals surface area contributed by atoms with E-state index < -0.39 is 15.9 Å². The molecule has 21 heavy (non-hydrogen) atoms. The zero-order chi connectivity index (χ0) is 15.2. The normalized spacial score (nSPS) is 21.2. The standard InChI is InChI=1S/C14H15NO3S3/c1-8-3-5-12(19-8)10-7-11(10)14(16)15-21(17,18)13-6-4-9(2)20-13/h3-6,10-11H,7H2,1-2H3,(H,15,16)/t10-,11-/m1/s1. The van der Waals surface area contributed by atoms with Crippen molar-refractivity contribution in [3.05, 3.63) is 38.9 Å². The number of sulfonamides is 1. The summed E-state index contributed by atoms with van der Waals surface area (Å²) in [6.07, 6.45) is 0.727. The molecule has 2 aromatic rings. The van der Waals surface area contributed by atoms with Gasteiger partial charge in [0.1, 0.15) is 4.21 Å². The molecule has 2 aromatic heterocycles. The Morgan fingerprint density at radius 2 is 1.81 bits per heavy atom.